The van der Waals surface area contributed by atoms with Gasteiger partial charge in [-0.25, -0.2) is 0 Å². The Labute approximate surface area is 120 Å². The molecule has 0 bridgehead atoms. The molecule has 0 saturated carbocycles. The van der Waals surface area contributed by atoms with E-state index >= 15 is 0 Å². The van der Waals surface area contributed by atoms with E-state index in [0.717, 1.165) is 19.3 Å². The Kier molecular flexibility index (Phi) is 6.84. The number of furan rings is 1. The number of unbranched alkanes of at least 4 members (excludes halogenated alkanes) is 2. The first-order valence-electron chi connectivity index (χ1n) is 7.16. The summed E-state index contributed by atoms with van der Waals surface area (Å²) in [5.74, 6) is 1.09. The summed E-state index contributed by atoms with van der Waals surface area (Å²) in [4.78, 5) is 23.4. The maximum Gasteiger partial charge on any atom is 0.254 e. The van der Waals surface area contributed by atoms with Gasteiger partial charge in [0.1, 0.15) is 11.5 Å². The van der Waals surface area contributed by atoms with Gasteiger partial charge in [-0.05, 0) is 26.3 Å². The zero-order chi connectivity index (χ0) is 15.0. The highest BCUT2D eigenvalue weighted by molar-refractivity contribution is 5.95. The minimum atomic E-state index is -0.196. The minimum Gasteiger partial charge on any atom is -0.466 e. The number of rotatable bonds is 8. The van der Waals surface area contributed by atoms with Crippen LogP contribution in [0.4, 0.5) is 0 Å². The lowest BCUT2D eigenvalue weighted by atomic mass is 10.2. The van der Waals surface area contributed by atoms with Crippen molar-refractivity contribution in [2.75, 3.05) is 13.1 Å². The molecule has 1 heterocycles. The molecule has 0 atom stereocenters. The van der Waals surface area contributed by atoms with Crippen molar-refractivity contribution >= 4 is 11.8 Å². The SMILES string of the molecule is CCCCCNC(=O)CCNC(=O)c1cc(C)oc1C. The molecule has 0 saturated heterocycles. The Hall–Kier alpha value is -1.78. The summed E-state index contributed by atoms with van der Waals surface area (Å²) in [6, 6.07) is 1.70. The average Bonchev–Trinajstić information content (AvgIpc) is 2.74. The topological polar surface area (TPSA) is 71.3 Å². The second-order valence-corrected chi connectivity index (χ2v) is 4.89. The molecule has 0 aliphatic rings. The van der Waals surface area contributed by atoms with Crippen molar-refractivity contribution < 1.29 is 14.0 Å². The summed E-state index contributed by atoms with van der Waals surface area (Å²) in [5.41, 5.74) is 0.533. The number of hydrogen-bond acceptors (Lipinski definition) is 3. The van der Waals surface area contributed by atoms with Crippen molar-refractivity contribution in [3.8, 4) is 0 Å². The van der Waals surface area contributed by atoms with E-state index in [-0.39, 0.29) is 11.8 Å². The first-order valence-corrected chi connectivity index (χ1v) is 7.16. The number of aryl methyl sites for hydroxylation is 2. The van der Waals surface area contributed by atoms with E-state index in [4.69, 9.17) is 4.42 Å². The molecular weight excluding hydrogens is 256 g/mol. The maximum atomic E-state index is 11.9. The number of hydrogen-bond donors (Lipinski definition) is 2. The van der Waals surface area contributed by atoms with Crippen molar-refractivity contribution in [2.24, 2.45) is 0 Å². The van der Waals surface area contributed by atoms with Crippen molar-refractivity contribution in [2.45, 2.75) is 46.5 Å². The predicted molar refractivity (Wildman–Crippen MR) is 77.7 cm³/mol. The van der Waals surface area contributed by atoms with Gasteiger partial charge in [0.2, 0.25) is 5.91 Å². The first-order chi connectivity index (χ1) is 9.54. The Balaban J connectivity index is 2.22. The average molecular weight is 280 g/mol. The molecule has 0 radical (unpaired) electrons. The van der Waals surface area contributed by atoms with E-state index in [0.29, 0.717) is 36.6 Å². The smallest absolute Gasteiger partial charge is 0.254 e. The van der Waals surface area contributed by atoms with Gasteiger partial charge in [0.05, 0.1) is 5.56 Å². The van der Waals surface area contributed by atoms with E-state index in [1.807, 2.05) is 0 Å². The fraction of sp³-hybridized carbons (Fsp3) is 0.600. The fourth-order valence-corrected chi connectivity index (χ4v) is 1.93. The molecule has 0 spiro atoms. The highest BCUT2D eigenvalue weighted by Gasteiger charge is 2.13. The van der Waals surface area contributed by atoms with E-state index in [9.17, 15) is 9.59 Å². The quantitative estimate of drug-likeness (QED) is 0.718. The summed E-state index contributed by atoms with van der Waals surface area (Å²) in [6.45, 7) is 6.72. The number of nitrogens with one attached hydrogen (secondary N) is 2. The summed E-state index contributed by atoms with van der Waals surface area (Å²) in [5, 5.41) is 5.56. The summed E-state index contributed by atoms with van der Waals surface area (Å²) in [6.07, 6.45) is 3.56. The molecule has 1 aromatic heterocycles. The predicted octanol–water partition coefficient (Wildman–Crippen LogP) is 2.32. The lowest BCUT2D eigenvalue weighted by molar-refractivity contribution is -0.120. The van der Waals surface area contributed by atoms with Crippen molar-refractivity contribution in [1.82, 2.24) is 10.6 Å². The van der Waals surface area contributed by atoms with E-state index in [2.05, 4.69) is 17.6 Å². The monoisotopic (exact) mass is 280 g/mol. The van der Waals surface area contributed by atoms with Gasteiger partial charge in [0.25, 0.3) is 5.91 Å². The highest BCUT2D eigenvalue weighted by Crippen LogP contribution is 2.13. The van der Waals surface area contributed by atoms with Gasteiger partial charge in [-0.15, -0.1) is 0 Å². The number of carbonyl (C=O) groups excluding carboxylic acids is 2. The largest absolute Gasteiger partial charge is 0.466 e. The molecule has 0 aliphatic carbocycles. The number of carbonyl (C=O) groups is 2. The molecule has 0 fully saturated rings. The van der Waals surface area contributed by atoms with Crippen LogP contribution >= 0.6 is 0 Å². The second kappa shape index (κ2) is 8.40. The lowest BCUT2D eigenvalue weighted by Crippen LogP contribution is -2.31. The van der Waals surface area contributed by atoms with Crippen LogP contribution in [0.1, 0.15) is 54.5 Å². The summed E-state index contributed by atoms with van der Waals surface area (Å²) >= 11 is 0. The van der Waals surface area contributed by atoms with Gasteiger partial charge in [-0.1, -0.05) is 19.8 Å². The van der Waals surface area contributed by atoms with Crippen LogP contribution in [0.2, 0.25) is 0 Å². The van der Waals surface area contributed by atoms with Crippen LogP contribution < -0.4 is 10.6 Å². The van der Waals surface area contributed by atoms with Gasteiger partial charge in [-0.3, -0.25) is 9.59 Å². The molecule has 0 aliphatic heterocycles. The Morgan fingerprint density at radius 2 is 1.90 bits per heavy atom. The second-order valence-electron chi connectivity index (χ2n) is 4.89. The van der Waals surface area contributed by atoms with E-state index in [1.54, 1.807) is 19.9 Å². The van der Waals surface area contributed by atoms with Crippen LogP contribution in [0.25, 0.3) is 0 Å². The van der Waals surface area contributed by atoms with Crippen LogP contribution in [-0.2, 0) is 4.79 Å². The normalized spacial score (nSPS) is 10.3. The zero-order valence-electron chi connectivity index (χ0n) is 12.5. The Bertz CT molecular complexity index is 452. The van der Waals surface area contributed by atoms with Crippen LogP contribution in [0.5, 0.6) is 0 Å². The molecule has 1 rings (SSSR count). The van der Waals surface area contributed by atoms with Gasteiger partial charge in [0, 0.05) is 19.5 Å². The molecule has 1 aromatic rings. The summed E-state index contributed by atoms with van der Waals surface area (Å²) in [7, 11) is 0. The van der Waals surface area contributed by atoms with Crippen LogP contribution in [0, 0.1) is 13.8 Å². The van der Waals surface area contributed by atoms with Crippen LogP contribution in [0.15, 0.2) is 10.5 Å². The Morgan fingerprint density at radius 1 is 1.15 bits per heavy atom. The van der Waals surface area contributed by atoms with E-state index < -0.39 is 0 Å². The minimum absolute atomic E-state index is 0.0264. The van der Waals surface area contributed by atoms with Crippen LogP contribution in [-0.4, -0.2) is 24.9 Å². The summed E-state index contributed by atoms with van der Waals surface area (Å²) < 4.78 is 5.30. The van der Waals surface area contributed by atoms with Crippen LogP contribution in [0.3, 0.4) is 0 Å². The Morgan fingerprint density at radius 3 is 2.50 bits per heavy atom. The molecular formula is C15H24N2O3. The third-order valence-corrected chi connectivity index (χ3v) is 3.03. The molecule has 5 nitrogen and oxygen atoms in total. The molecule has 0 aromatic carbocycles. The highest BCUT2D eigenvalue weighted by atomic mass is 16.3. The van der Waals surface area contributed by atoms with Gasteiger partial charge < -0.3 is 15.1 Å². The third kappa shape index (κ3) is 5.47. The van der Waals surface area contributed by atoms with Gasteiger partial charge >= 0.3 is 0 Å². The molecule has 5 heteroatoms. The van der Waals surface area contributed by atoms with Gasteiger partial charge in [-0.2, -0.15) is 0 Å². The molecule has 0 unspecified atom stereocenters. The van der Waals surface area contributed by atoms with Crippen molar-refractivity contribution in [1.29, 1.82) is 0 Å². The van der Waals surface area contributed by atoms with Crippen molar-refractivity contribution in [3.63, 3.8) is 0 Å². The van der Waals surface area contributed by atoms with E-state index in [1.165, 1.54) is 0 Å². The standard InChI is InChI=1S/C15H24N2O3/c1-4-5-6-8-16-14(18)7-9-17-15(19)13-10-11(2)20-12(13)3/h10H,4-9H2,1-3H3,(H,16,18)(H,17,19). The lowest BCUT2D eigenvalue weighted by Gasteiger charge is -2.06. The number of amides is 2. The maximum absolute atomic E-state index is 11.9. The fourth-order valence-electron chi connectivity index (χ4n) is 1.93. The third-order valence-electron chi connectivity index (χ3n) is 3.03. The molecule has 112 valence electrons. The molecule has 20 heavy (non-hydrogen) atoms. The van der Waals surface area contributed by atoms with Gasteiger partial charge in [0.15, 0.2) is 0 Å². The van der Waals surface area contributed by atoms with Crippen molar-refractivity contribution in [3.05, 3.63) is 23.2 Å². The molecule has 2 amide bonds. The molecule has 2 N–H and O–H groups in total. The zero-order valence-corrected chi connectivity index (χ0v) is 12.5. The first kappa shape index (κ1) is 16.3.